The van der Waals surface area contributed by atoms with Crippen molar-refractivity contribution in [3.63, 3.8) is 0 Å². The van der Waals surface area contributed by atoms with Crippen molar-refractivity contribution in [3.05, 3.63) is 18.0 Å². The van der Waals surface area contributed by atoms with Gasteiger partial charge in [0.25, 0.3) is 0 Å². The zero-order chi connectivity index (χ0) is 16.2. The van der Waals surface area contributed by atoms with Gasteiger partial charge in [0.1, 0.15) is 5.69 Å². The fraction of sp³-hybridized carbons (Fsp3) is 0.615. The number of nitrogens with one attached hydrogen (secondary N) is 1. The Bertz CT molecular complexity index is 515. The number of carbonyl (C=O) groups is 1. The first-order valence-corrected chi connectivity index (χ1v) is 6.98. The Morgan fingerprint density at radius 2 is 2.00 bits per heavy atom. The summed E-state index contributed by atoms with van der Waals surface area (Å²) in [5.74, 6) is 0.0346. The highest BCUT2D eigenvalue weighted by molar-refractivity contribution is 5.73. The molecular weight excluding hydrogens is 299 g/mol. The van der Waals surface area contributed by atoms with Gasteiger partial charge in [-0.3, -0.25) is 9.69 Å². The molecule has 0 spiro atoms. The van der Waals surface area contributed by atoms with Crippen LogP contribution in [0.4, 0.5) is 19.1 Å². The van der Waals surface area contributed by atoms with E-state index < -0.39 is 11.9 Å². The minimum absolute atomic E-state index is 0.0304. The van der Waals surface area contributed by atoms with Crippen LogP contribution < -0.4 is 5.32 Å². The Hall–Kier alpha value is -1.90. The van der Waals surface area contributed by atoms with Gasteiger partial charge in [-0.1, -0.05) is 0 Å². The van der Waals surface area contributed by atoms with Crippen LogP contribution in [0.1, 0.15) is 12.6 Å². The number of anilines is 1. The fourth-order valence-corrected chi connectivity index (χ4v) is 2.21. The van der Waals surface area contributed by atoms with E-state index >= 15 is 0 Å². The Morgan fingerprint density at radius 3 is 2.59 bits per heavy atom. The number of carbonyl (C=O) groups excluding carboxylic acids is 1. The van der Waals surface area contributed by atoms with Crippen LogP contribution in [0, 0.1) is 0 Å². The second-order valence-electron chi connectivity index (χ2n) is 5.04. The molecule has 2 rings (SSSR count). The van der Waals surface area contributed by atoms with Crippen molar-refractivity contribution in [2.75, 3.05) is 44.6 Å². The van der Waals surface area contributed by atoms with Gasteiger partial charge >= 0.3 is 6.18 Å². The zero-order valence-electron chi connectivity index (χ0n) is 12.2. The molecule has 1 amide bonds. The second-order valence-corrected chi connectivity index (χ2v) is 5.04. The summed E-state index contributed by atoms with van der Waals surface area (Å²) < 4.78 is 37.6. The van der Waals surface area contributed by atoms with E-state index in [1.807, 2.05) is 0 Å². The molecule has 22 heavy (non-hydrogen) atoms. The molecule has 1 aliphatic rings. The molecule has 0 atom stereocenters. The highest BCUT2D eigenvalue weighted by Crippen LogP contribution is 2.27. The van der Waals surface area contributed by atoms with Crippen LogP contribution in [0.3, 0.4) is 0 Å². The standard InChI is InChI=1S/C13H18F3N5O/c1-10(22)21-8-6-20(7-9-21)5-4-18-12-17-3-2-11(19-12)13(14,15)16/h2-3H,4-9H2,1H3,(H,17,18,19). The molecule has 0 unspecified atom stereocenters. The number of hydrogen-bond donors (Lipinski definition) is 1. The number of halogens is 3. The highest BCUT2D eigenvalue weighted by Gasteiger charge is 2.32. The molecule has 2 heterocycles. The van der Waals surface area contributed by atoms with Crippen molar-refractivity contribution in [1.82, 2.24) is 19.8 Å². The van der Waals surface area contributed by atoms with Crippen molar-refractivity contribution >= 4 is 11.9 Å². The molecule has 0 bridgehead atoms. The molecular formula is C13H18F3N5O. The topological polar surface area (TPSA) is 61.4 Å². The summed E-state index contributed by atoms with van der Waals surface area (Å²) in [6, 6.07) is 0.839. The van der Waals surface area contributed by atoms with Crippen molar-refractivity contribution in [2.24, 2.45) is 0 Å². The lowest BCUT2D eigenvalue weighted by atomic mass is 10.3. The summed E-state index contributed by atoms with van der Waals surface area (Å²) in [6.45, 7) is 5.51. The van der Waals surface area contributed by atoms with E-state index in [-0.39, 0.29) is 11.9 Å². The second kappa shape index (κ2) is 6.91. The first kappa shape index (κ1) is 16.5. The van der Waals surface area contributed by atoms with E-state index in [9.17, 15) is 18.0 Å². The van der Waals surface area contributed by atoms with Crippen molar-refractivity contribution in [3.8, 4) is 0 Å². The molecule has 122 valence electrons. The number of piperazine rings is 1. The number of nitrogens with zero attached hydrogens (tertiary/aromatic N) is 4. The lowest BCUT2D eigenvalue weighted by Crippen LogP contribution is -2.49. The third-order valence-electron chi connectivity index (χ3n) is 3.47. The molecule has 1 saturated heterocycles. The van der Waals surface area contributed by atoms with Gasteiger partial charge < -0.3 is 10.2 Å². The molecule has 0 aromatic carbocycles. The minimum Gasteiger partial charge on any atom is -0.353 e. The van der Waals surface area contributed by atoms with Crippen molar-refractivity contribution in [1.29, 1.82) is 0 Å². The van der Waals surface area contributed by atoms with Crippen molar-refractivity contribution in [2.45, 2.75) is 13.1 Å². The summed E-state index contributed by atoms with van der Waals surface area (Å²) in [5, 5.41) is 2.79. The third-order valence-corrected chi connectivity index (χ3v) is 3.47. The molecule has 1 aromatic rings. The zero-order valence-corrected chi connectivity index (χ0v) is 12.2. The Kier molecular flexibility index (Phi) is 5.17. The van der Waals surface area contributed by atoms with E-state index in [0.717, 1.165) is 25.4 Å². The largest absolute Gasteiger partial charge is 0.433 e. The van der Waals surface area contributed by atoms with Crippen molar-refractivity contribution < 1.29 is 18.0 Å². The number of aromatic nitrogens is 2. The van der Waals surface area contributed by atoms with E-state index in [1.165, 1.54) is 0 Å². The Morgan fingerprint density at radius 1 is 1.32 bits per heavy atom. The lowest BCUT2D eigenvalue weighted by Gasteiger charge is -2.34. The quantitative estimate of drug-likeness (QED) is 0.900. The van der Waals surface area contributed by atoms with E-state index in [1.54, 1.807) is 11.8 Å². The minimum atomic E-state index is -4.47. The third kappa shape index (κ3) is 4.55. The van der Waals surface area contributed by atoms with Crippen LogP contribution in [0.2, 0.25) is 0 Å². The summed E-state index contributed by atoms with van der Waals surface area (Å²) in [7, 11) is 0. The predicted octanol–water partition coefficient (Wildman–Crippen LogP) is 1.07. The number of hydrogen-bond acceptors (Lipinski definition) is 5. The molecule has 1 aromatic heterocycles. The average molecular weight is 317 g/mol. The van der Waals surface area contributed by atoms with Gasteiger partial charge in [0.15, 0.2) is 0 Å². The highest BCUT2D eigenvalue weighted by atomic mass is 19.4. The molecule has 1 aliphatic heterocycles. The normalized spacial score (nSPS) is 16.6. The van der Waals surface area contributed by atoms with Crippen LogP contribution >= 0.6 is 0 Å². The Labute approximate surface area is 126 Å². The monoisotopic (exact) mass is 317 g/mol. The van der Waals surface area contributed by atoms with Crippen LogP contribution in [0.25, 0.3) is 0 Å². The van der Waals surface area contributed by atoms with Gasteiger partial charge in [-0.05, 0) is 6.07 Å². The van der Waals surface area contributed by atoms with E-state index in [2.05, 4.69) is 20.2 Å². The van der Waals surface area contributed by atoms with Gasteiger partial charge in [0.2, 0.25) is 11.9 Å². The van der Waals surface area contributed by atoms with Gasteiger partial charge in [-0.2, -0.15) is 13.2 Å². The smallest absolute Gasteiger partial charge is 0.353 e. The average Bonchev–Trinajstić information content (AvgIpc) is 2.47. The first-order valence-electron chi connectivity index (χ1n) is 6.98. The van der Waals surface area contributed by atoms with Gasteiger partial charge in [-0.25, -0.2) is 9.97 Å². The van der Waals surface area contributed by atoms with E-state index in [0.29, 0.717) is 26.2 Å². The first-order chi connectivity index (χ1) is 10.4. The van der Waals surface area contributed by atoms with Gasteiger partial charge in [0.05, 0.1) is 0 Å². The Balaban J connectivity index is 1.77. The maximum absolute atomic E-state index is 12.5. The maximum Gasteiger partial charge on any atom is 0.433 e. The fourth-order valence-electron chi connectivity index (χ4n) is 2.21. The molecule has 1 N–H and O–H groups in total. The summed E-state index contributed by atoms with van der Waals surface area (Å²) in [5.41, 5.74) is -0.958. The molecule has 1 fully saturated rings. The lowest BCUT2D eigenvalue weighted by molar-refractivity contribution is -0.141. The van der Waals surface area contributed by atoms with Gasteiger partial charge in [0, 0.05) is 52.4 Å². The maximum atomic E-state index is 12.5. The van der Waals surface area contributed by atoms with E-state index in [4.69, 9.17) is 0 Å². The van der Waals surface area contributed by atoms with Crippen LogP contribution in [0.5, 0.6) is 0 Å². The molecule has 0 saturated carbocycles. The van der Waals surface area contributed by atoms with Crippen LogP contribution in [0.15, 0.2) is 12.3 Å². The van der Waals surface area contributed by atoms with Crippen LogP contribution in [-0.4, -0.2) is 64.9 Å². The van der Waals surface area contributed by atoms with Crippen LogP contribution in [-0.2, 0) is 11.0 Å². The summed E-state index contributed by atoms with van der Waals surface area (Å²) >= 11 is 0. The molecule has 9 heteroatoms. The molecule has 0 aliphatic carbocycles. The van der Waals surface area contributed by atoms with Gasteiger partial charge in [-0.15, -0.1) is 0 Å². The predicted molar refractivity (Wildman–Crippen MR) is 74.2 cm³/mol. The summed E-state index contributed by atoms with van der Waals surface area (Å²) in [4.78, 5) is 22.3. The number of amides is 1. The molecule has 6 nitrogen and oxygen atoms in total. The SMILES string of the molecule is CC(=O)N1CCN(CCNc2nccc(C(F)(F)F)n2)CC1. The molecule has 0 radical (unpaired) electrons. The number of alkyl halides is 3. The summed E-state index contributed by atoms with van der Waals surface area (Å²) in [6.07, 6.45) is -3.38. The number of rotatable bonds is 4.